The van der Waals surface area contributed by atoms with E-state index in [0.29, 0.717) is 18.7 Å². The molecule has 0 aliphatic carbocycles. The molecule has 0 bridgehead atoms. The van der Waals surface area contributed by atoms with Gasteiger partial charge in [-0.15, -0.1) is 0 Å². The van der Waals surface area contributed by atoms with Gasteiger partial charge in [-0.3, -0.25) is 9.89 Å². The normalized spacial score (nSPS) is 12.9. The number of aliphatic hydroxyl groups excluding tert-OH is 1. The van der Waals surface area contributed by atoms with Crippen LogP contribution in [0.2, 0.25) is 0 Å². The standard InChI is InChI=1S/C18H25N3O2/c1-12-5-7-14(8-6-12)15-9-16(21-20-15)17(23)19-11-18(3,4)10-13(2)22/h5-9,13,22H,10-11H2,1-4H3,(H,19,23)(H,20,21). The van der Waals surface area contributed by atoms with Gasteiger partial charge in [-0.2, -0.15) is 5.10 Å². The van der Waals surface area contributed by atoms with Gasteiger partial charge in [-0.1, -0.05) is 43.7 Å². The molecule has 0 saturated heterocycles. The first-order chi connectivity index (χ1) is 10.8. The van der Waals surface area contributed by atoms with Crippen LogP contribution in [0.4, 0.5) is 0 Å². The number of nitrogens with one attached hydrogen (secondary N) is 2. The lowest BCUT2D eigenvalue weighted by Crippen LogP contribution is -2.35. The zero-order valence-electron chi connectivity index (χ0n) is 14.2. The summed E-state index contributed by atoms with van der Waals surface area (Å²) >= 11 is 0. The second-order valence-corrected chi connectivity index (χ2v) is 6.93. The van der Waals surface area contributed by atoms with E-state index in [1.54, 1.807) is 13.0 Å². The number of hydrogen-bond donors (Lipinski definition) is 3. The van der Waals surface area contributed by atoms with Crippen molar-refractivity contribution < 1.29 is 9.90 Å². The zero-order valence-corrected chi connectivity index (χ0v) is 14.2. The number of hydrogen-bond acceptors (Lipinski definition) is 3. The second-order valence-electron chi connectivity index (χ2n) is 6.93. The van der Waals surface area contributed by atoms with Gasteiger partial charge in [0.2, 0.25) is 0 Å². The number of aryl methyl sites for hydroxylation is 1. The number of H-pyrrole nitrogens is 1. The summed E-state index contributed by atoms with van der Waals surface area (Å²) in [6.45, 7) is 8.32. The van der Waals surface area contributed by atoms with E-state index in [4.69, 9.17) is 0 Å². The van der Waals surface area contributed by atoms with Gasteiger partial charge < -0.3 is 10.4 Å². The van der Waals surface area contributed by atoms with Gasteiger partial charge in [0.1, 0.15) is 5.69 Å². The van der Waals surface area contributed by atoms with Crippen molar-refractivity contribution in [1.29, 1.82) is 0 Å². The largest absolute Gasteiger partial charge is 0.393 e. The average Bonchev–Trinajstić information content (AvgIpc) is 2.94. The van der Waals surface area contributed by atoms with E-state index in [1.165, 1.54) is 5.56 Å². The Morgan fingerprint density at radius 1 is 1.35 bits per heavy atom. The van der Waals surface area contributed by atoms with Crippen molar-refractivity contribution >= 4 is 5.91 Å². The third-order valence-corrected chi connectivity index (χ3v) is 3.75. The number of amides is 1. The zero-order chi connectivity index (χ0) is 17.0. The minimum absolute atomic E-state index is 0.163. The Kier molecular flexibility index (Phi) is 5.21. The Morgan fingerprint density at radius 3 is 2.61 bits per heavy atom. The fourth-order valence-electron chi connectivity index (χ4n) is 2.60. The summed E-state index contributed by atoms with van der Waals surface area (Å²) in [6, 6.07) is 9.75. The third kappa shape index (κ3) is 4.93. The van der Waals surface area contributed by atoms with Gasteiger partial charge >= 0.3 is 0 Å². The number of aromatic nitrogens is 2. The highest BCUT2D eigenvalue weighted by atomic mass is 16.3. The number of aromatic amines is 1. The molecule has 1 heterocycles. The molecule has 124 valence electrons. The molecular weight excluding hydrogens is 290 g/mol. The number of nitrogens with zero attached hydrogens (tertiary/aromatic N) is 1. The smallest absolute Gasteiger partial charge is 0.269 e. The molecule has 23 heavy (non-hydrogen) atoms. The first-order valence-electron chi connectivity index (χ1n) is 7.85. The Labute approximate surface area is 137 Å². The molecule has 1 amide bonds. The number of carbonyl (C=O) groups excluding carboxylic acids is 1. The number of carbonyl (C=O) groups is 1. The van der Waals surface area contributed by atoms with Crippen LogP contribution < -0.4 is 5.32 Å². The molecule has 1 unspecified atom stereocenters. The monoisotopic (exact) mass is 315 g/mol. The second kappa shape index (κ2) is 6.96. The molecule has 1 aromatic carbocycles. The average molecular weight is 315 g/mol. The molecule has 2 rings (SSSR count). The molecule has 0 aliphatic heterocycles. The number of aliphatic hydroxyl groups is 1. The highest BCUT2D eigenvalue weighted by Crippen LogP contribution is 2.22. The molecule has 0 spiro atoms. The molecule has 1 aromatic heterocycles. The Balaban J connectivity index is 2.00. The molecule has 0 aliphatic rings. The summed E-state index contributed by atoms with van der Waals surface area (Å²) in [6.07, 6.45) is 0.243. The summed E-state index contributed by atoms with van der Waals surface area (Å²) in [7, 11) is 0. The molecular formula is C18H25N3O2. The molecule has 3 N–H and O–H groups in total. The first kappa shape index (κ1) is 17.2. The van der Waals surface area contributed by atoms with Gasteiger partial charge in [0.05, 0.1) is 11.8 Å². The first-order valence-corrected chi connectivity index (χ1v) is 7.85. The van der Waals surface area contributed by atoms with Crippen LogP contribution in [-0.2, 0) is 0 Å². The Hall–Kier alpha value is -2.14. The number of benzene rings is 1. The fraction of sp³-hybridized carbons (Fsp3) is 0.444. The van der Waals surface area contributed by atoms with Crippen molar-refractivity contribution in [3.63, 3.8) is 0 Å². The van der Waals surface area contributed by atoms with Crippen LogP contribution in [0, 0.1) is 12.3 Å². The topological polar surface area (TPSA) is 78.0 Å². The predicted molar refractivity (Wildman–Crippen MR) is 91.2 cm³/mol. The van der Waals surface area contributed by atoms with Crippen molar-refractivity contribution in [3.8, 4) is 11.3 Å². The lowest BCUT2D eigenvalue weighted by molar-refractivity contribution is 0.0897. The number of rotatable bonds is 6. The van der Waals surface area contributed by atoms with Gasteiger partial charge in [-0.25, -0.2) is 0 Å². The Bertz CT molecular complexity index is 657. The molecule has 1 atom stereocenters. The van der Waals surface area contributed by atoms with Crippen molar-refractivity contribution in [1.82, 2.24) is 15.5 Å². The summed E-state index contributed by atoms with van der Waals surface area (Å²) in [5.74, 6) is -0.186. The van der Waals surface area contributed by atoms with Crippen molar-refractivity contribution in [2.75, 3.05) is 6.54 Å². The lowest BCUT2D eigenvalue weighted by Gasteiger charge is -2.26. The highest BCUT2D eigenvalue weighted by molar-refractivity contribution is 5.93. The fourth-order valence-corrected chi connectivity index (χ4v) is 2.60. The van der Waals surface area contributed by atoms with E-state index in [-0.39, 0.29) is 17.4 Å². The molecule has 0 radical (unpaired) electrons. The summed E-state index contributed by atoms with van der Waals surface area (Å²) < 4.78 is 0. The van der Waals surface area contributed by atoms with Crippen molar-refractivity contribution in [2.24, 2.45) is 5.41 Å². The molecule has 5 nitrogen and oxygen atoms in total. The Morgan fingerprint density at radius 2 is 2.00 bits per heavy atom. The quantitative estimate of drug-likeness (QED) is 0.767. The van der Waals surface area contributed by atoms with Gasteiger partial charge in [0, 0.05) is 12.1 Å². The molecule has 5 heteroatoms. The maximum atomic E-state index is 12.2. The predicted octanol–water partition coefficient (Wildman–Crippen LogP) is 2.91. The third-order valence-electron chi connectivity index (χ3n) is 3.75. The van der Waals surface area contributed by atoms with E-state index in [9.17, 15) is 9.90 Å². The highest BCUT2D eigenvalue weighted by Gasteiger charge is 2.22. The maximum Gasteiger partial charge on any atom is 0.269 e. The SMILES string of the molecule is Cc1ccc(-c2cc(C(=O)NCC(C)(C)CC(C)O)[nH]n2)cc1. The van der Waals surface area contributed by atoms with E-state index in [1.807, 2.05) is 45.0 Å². The van der Waals surface area contributed by atoms with Crippen LogP contribution >= 0.6 is 0 Å². The van der Waals surface area contributed by atoms with E-state index < -0.39 is 0 Å². The molecule has 0 fully saturated rings. The van der Waals surface area contributed by atoms with Crippen LogP contribution in [0.15, 0.2) is 30.3 Å². The summed E-state index contributed by atoms with van der Waals surface area (Å²) in [5, 5.41) is 19.4. The molecule has 2 aromatic rings. The minimum atomic E-state index is -0.387. The van der Waals surface area contributed by atoms with Crippen molar-refractivity contribution in [3.05, 3.63) is 41.6 Å². The van der Waals surface area contributed by atoms with E-state index in [0.717, 1.165) is 11.3 Å². The van der Waals surface area contributed by atoms with E-state index >= 15 is 0 Å². The molecule has 0 saturated carbocycles. The minimum Gasteiger partial charge on any atom is -0.393 e. The summed E-state index contributed by atoms with van der Waals surface area (Å²) in [5.41, 5.74) is 3.18. The van der Waals surface area contributed by atoms with Crippen molar-refractivity contribution in [2.45, 2.75) is 40.2 Å². The summed E-state index contributed by atoms with van der Waals surface area (Å²) in [4.78, 5) is 12.2. The van der Waals surface area contributed by atoms with Crippen LogP contribution in [0.3, 0.4) is 0 Å². The van der Waals surface area contributed by atoms with Gasteiger partial charge in [-0.05, 0) is 31.7 Å². The van der Waals surface area contributed by atoms with Gasteiger partial charge in [0.15, 0.2) is 0 Å². The van der Waals surface area contributed by atoms with Crippen LogP contribution in [0.25, 0.3) is 11.3 Å². The maximum absolute atomic E-state index is 12.2. The van der Waals surface area contributed by atoms with Crippen LogP contribution in [0.1, 0.15) is 43.2 Å². The van der Waals surface area contributed by atoms with Crippen LogP contribution in [0.5, 0.6) is 0 Å². The van der Waals surface area contributed by atoms with E-state index in [2.05, 4.69) is 15.5 Å². The lowest BCUT2D eigenvalue weighted by atomic mass is 9.87. The van der Waals surface area contributed by atoms with Gasteiger partial charge in [0.25, 0.3) is 5.91 Å². The van der Waals surface area contributed by atoms with Crippen LogP contribution in [-0.4, -0.2) is 33.9 Å².